The molecule has 0 aliphatic rings. The Labute approximate surface area is 82.6 Å². The van der Waals surface area contributed by atoms with Crippen LogP contribution in [0.5, 0.6) is 0 Å². The summed E-state index contributed by atoms with van der Waals surface area (Å²) in [5, 5.41) is 0. The number of halogens is 2. The van der Waals surface area contributed by atoms with E-state index >= 15 is 0 Å². The number of carbonyl (C=O) groups is 1. The second kappa shape index (κ2) is 5.70. The number of hydrogen-bond donors (Lipinski definition) is 0. The summed E-state index contributed by atoms with van der Waals surface area (Å²) in [7, 11) is 0. The average molecular weight is 353 g/mol. The van der Waals surface area contributed by atoms with Crippen LogP contribution in [-0.2, 0) is 4.79 Å². The lowest BCUT2D eigenvalue weighted by atomic mass is 10.4. The number of nitrogens with zero attached hydrogens (tertiary/aromatic N) is 1. The first-order valence-corrected chi connectivity index (χ1v) is 5.71. The van der Waals surface area contributed by atoms with E-state index in [1.807, 2.05) is 6.92 Å². The molecule has 0 saturated carbocycles. The minimum absolute atomic E-state index is 0.235. The van der Waals surface area contributed by atoms with Crippen molar-refractivity contribution in [1.82, 2.24) is 4.90 Å². The molecule has 0 bridgehead atoms. The van der Waals surface area contributed by atoms with Gasteiger partial charge in [-0.15, -0.1) is 0 Å². The summed E-state index contributed by atoms with van der Waals surface area (Å²) < 4.78 is 1.60. The number of amides is 1. The first-order chi connectivity index (χ1) is 4.26. The minimum Gasteiger partial charge on any atom is -0.324 e. The van der Waals surface area contributed by atoms with Gasteiger partial charge in [-0.05, 0) is 0 Å². The molecule has 0 aliphatic carbocycles. The SMILES string of the molecule is CCC(=O)N(CI)CI. The van der Waals surface area contributed by atoms with E-state index in [1.165, 1.54) is 0 Å². The van der Waals surface area contributed by atoms with Gasteiger partial charge in [0.25, 0.3) is 0 Å². The van der Waals surface area contributed by atoms with Gasteiger partial charge < -0.3 is 4.90 Å². The number of carbonyl (C=O) groups excluding carboxylic acids is 1. The molecule has 0 aromatic rings. The van der Waals surface area contributed by atoms with Crippen LogP contribution in [0.15, 0.2) is 0 Å². The molecule has 0 aromatic heterocycles. The van der Waals surface area contributed by atoms with Crippen LogP contribution in [-0.4, -0.2) is 19.9 Å². The summed E-state index contributed by atoms with van der Waals surface area (Å²) in [5.74, 6) is 0.235. The molecule has 0 saturated heterocycles. The third-order valence-corrected chi connectivity index (χ3v) is 2.59. The zero-order chi connectivity index (χ0) is 7.28. The molecule has 0 fully saturated rings. The Kier molecular flexibility index (Phi) is 6.28. The number of alkyl halides is 2. The van der Waals surface area contributed by atoms with Gasteiger partial charge in [0.05, 0.1) is 9.10 Å². The van der Waals surface area contributed by atoms with E-state index in [0.717, 1.165) is 9.10 Å². The largest absolute Gasteiger partial charge is 0.324 e. The van der Waals surface area contributed by atoms with Crippen molar-refractivity contribution in [2.24, 2.45) is 0 Å². The standard InChI is InChI=1S/C5H9I2NO/c1-2-5(9)8(3-6)4-7/h2-4H2,1H3. The third kappa shape index (κ3) is 3.59. The van der Waals surface area contributed by atoms with Gasteiger partial charge in [-0.25, -0.2) is 0 Å². The second-order valence-corrected chi connectivity index (χ2v) is 2.89. The van der Waals surface area contributed by atoms with E-state index in [9.17, 15) is 4.79 Å². The lowest BCUT2D eigenvalue weighted by Gasteiger charge is -2.14. The van der Waals surface area contributed by atoms with Gasteiger partial charge >= 0.3 is 0 Å². The summed E-state index contributed by atoms with van der Waals surface area (Å²) in [5.41, 5.74) is 0. The monoisotopic (exact) mass is 353 g/mol. The molecule has 0 aliphatic heterocycles. The summed E-state index contributed by atoms with van der Waals surface area (Å²) in [6.45, 7) is 1.88. The highest BCUT2D eigenvalue weighted by atomic mass is 127. The van der Waals surface area contributed by atoms with Gasteiger partial charge in [-0.3, -0.25) is 4.79 Å². The third-order valence-electron chi connectivity index (χ3n) is 0.944. The lowest BCUT2D eigenvalue weighted by molar-refractivity contribution is -0.128. The average Bonchev–Trinajstić information content (AvgIpc) is 1.90. The molecule has 54 valence electrons. The number of rotatable bonds is 3. The Morgan fingerprint density at radius 3 is 2.00 bits per heavy atom. The van der Waals surface area contributed by atoms with Crippen LogP contribution in [0, 0.1) is 0 Å². The van der Waals surface area contributed by atoms with E-state index < -0.39 is 0 Å². The number of hydrogen-bond acceptors (Lipinski definition) is 1. The minimum atomic E-state index is 0.235. The Balaban J connectivity index is 3.64. The highest BCUT2D eigenvalue weighted by molar-refractivity contribution is 14.1. The molecule has 0 radical (unpaired) electrons. The van der Waals surface area contributed by atoms with Gasteiger partial charge in [0, 0.05) is 6.42 Å². The molecule has 2 nitrogen and oxygen atoms in total. The fourth-order valence-corrected chi connectivity index (χ4v) is 2.56. The highest BCUT2D eigenvalue weighted by Crippen LogP contribution is 2.00. The molecule has 0 spiro atoms. The van der Waals surface area contributed by atoms with Crippen molar-refractivity contribution in [1.29, 1.82) is 0 Å². The molecular weight excluding hydrogens is 344 g/mol. The van der Waals surface area contributed by atoms with Gasteiger partial charge in [-0.1, -0.05) is 52.1 Å². The topological polar surface area (TPSA) is 20.3 Å². The van der Waals surface area contributed by atoms with Crippen molar-refractivity contribution in [3.8, 4) is 0 Å². The predicted molar refractivity (Wildman–Crippen MR) is 54.9 cm³/mol. The zero-order valence-corrected chi connectivity index (χ0v) is 9.55. The first-order valence-electron chi connectivity index (χ1n) is 2.66. The van der Waals surface area contributed by atoms with Crippen molar-refractivity contribution in [2.75, 3.05) is 9.10 Å². The van der Waals surface area contributed by atoms with Crippen LogP contribution in [0.3, 0.4) is 0 Å². The molecule has 0 aromatic carbocycles. The van der Waals surface area contributed by atoms with Gasteiger partial charge in [0.1, 0.15) is 0 Å². The highest BCUT2D eigenvalue weighted by Gasteiger charge is 2.05. The van der Waals surface area contributed by atoms with Gasteiger partial charge in [0.2, 0.25) is 5.91 Å². The van der Waals surface area contributed by atoms with Crippen LogP contribution in [0.1, 0.15) is 13.3 Å². The van der Waals surface area contributed by atoms with E-state index in [4.69, 9.17) is 0 Å². The summed E-state index contributed by atoms with van der Waals surface area (Å²) >= 11 is 4.38. The Morgan fingerprint density at radius 1 is 1.44 bits per heavy atom. The van der Waals surface area contributed by atoms with E-state index in [-0.39, 0.29) is 5.91 Å². The molecule has 0 N–H and O–H groups in total. The van der Waals surface area contributed by atoms with Gasteiger partial charge in [-0.2, -0.15) is 0 Å². The van der Waals surface area contributed by atoms with Crippen LogP contribution >= 0.6 is 45.2 Å². The summed E-state index contributed by atoms with van der Waals surface area (Å²) in [6, 6.07) is 0. The molecule has 0 atom stereocenters. The second-order valence-electron chi connectivity index (χ2n) is 1.53. The maximum atomic E-state index is 10.9. The van der Waals surface area contributed by atoms with Gasteiger partial charge in [0.15, 0.2) is 0 Å². The van der Waals surface area contributed by atoms with Crippen molar-refractivity contribution in [3.63, 3.8) is 0 Å². The van der Waals surface area contributed by atoms with Crippen LogP contribution in [0.4, 0.5) is 0 Å². The Hall–Kier alpha value is 0.930. The quantitative estimate of drug-likeness (QED) is 0.432. The fourth-order valence-electron chi connectivity index (χ4n) is 0.389. The molecule has 0 rings (SSSR count). The van der Waals surface area contributed by atoms with Crippen LogP contribution in [0.2, 0.25) is 0 Å². The normalized spacial score (nSPS) is 9.22. The van der Waals surface area contributed by atoms with Crippen LogP contribution in [0.25, 0.3) is 0 Å². The maximum absolute atomic E-state index is 10.9. The fraction of sp³-hybridized carbons (Fsp3) is 0.800. The molecule has 9 heavy (non-hydrogen) atoms. The summed E-state index contributed by atoms with van der Waals surface area (Å²) in [4.78, 5) is 12.7. The molecule has 4 heteroatoms. The maximum Gasteiger partial charge on any atom is 0.223 e. The molecular formula is C5H9I2NO. The van der Waals surface area contributed by atoms with E-state index in [2.05, 4.69) is 45.2 Å². The van der Waals surface area contributed by atoms with Crippen molar-refractivity contribution in [3.05, 3.63) is 0 Å². The molecule has 1 amide bonds. The first kappa shape index (κ1) is 9.93. The van der Waals surface area contributed by atoms with Crippen molar-refractivity contribution in [2.45, 2.75) is 13.3 Å². The molecule has 0 heterocycles. The molecule has 0 unspecified atom stereocenters. The van der Waals surface area contributed by atoms with E-state index in [1.54, 1.807) is 4.90 Å². The van der Waals surface area contributed by atoms with Crippen LogP contribution < -0.4 is 0 Å². The van der Waals surface area contributed by atoms with Crippen molar-refractivity contribution < 1.29 is 4.79 Å². The summed E-state index contributed by atoms with van der Waals surface area (Å²) in [6.07, 6.45) is 0.617. The zero-order valence-electron chi connectivity index (χ0n) is 5.23. The van der Waals surface area contributed by atoms with E-state index in [0.29, 0.717) is 6.42 Å². The lowest BCUT2D eigenvalue weighted by Crippen LogP contribution is -2.26. The predicted octanol–water partition coefficient (Wildman–Crippen LogP) is 2.01. The Bertz CT molecular complexity index is 93.0. The smallest absolute Gasteiger partial charge is 0.223 e. The Morgan fingerprint density at radius 2 is 1.89 bits per heavy atom. The van der Waals surface area contributed by atoms with Crippen molar-refractivity contribution >= 4 is 51.1 Å².